The number of aliphatic hydroxyl groups is 2. The van der Waals surface area contributed by atoms with Crippen molar-refractivity contribution >= 4 is 5.97 Å². The molecule has 0 saturated carbocycles. The van der Waals surface area contributed by atoms with Gasteiger partial charge in [0, 0.05) is 7.11 Å². The van der Waals surface area contributed by atoms with E-state index in [1.807, 2.05) is 0 Å². The maximum atomic E-state index is 12.0. The minimum atomic E-state index is -1.14. The SMILES string of the molecule is COCC(O)COc1ccc(Oc2ccc(OCC(O)COC(=O)c3cc(O)c(O)c(O)c3)cc2)cc1. The van der Waals surface area contributed by atoms with E-state index in [9.17, 15) is 30.3 Å². The molecule has 0 saturated heterocycles. The van der Waals surface area contributed by atoms with Crippen molar-refractivity contribution < 1.29 is 54.0 Å². The second-order valence-electron chi connectivity index (χ2n) is 7.89. The zero-order valence-electron chi connectivity index (χ0n) is 19.9. The lowest BCUT2D eigenvalue weighted by Gasteiger charge is -2.14. The first kappa shape index (κ1) is 27.4. The van der Waals surface area contributed by atoms with Gasteiger partial charge in [-0.1, -0.05) is 0 Å². The summed E-state index contributed by atoms with van der Waals surface area (Å²) in [5.74, 6) is -0.863. The normalized spacial score (nSPS) is 12.4. The molecule has 198 valence electrons. The molecule has 0 aromatic heterocycles. The minimum absolute atomic E-state index is 0.111. The monoisotopic (exact) mass is 516 g/mol. The number of methoxy groups -OCH3 is 1. The van der Waals surface area contributed by atoms with Crippen LogP contribution in [-0.4, -0.2) is 77.2 Å². The number of ether oxygens (including phenoxy) is 5. The first-order valence-electron chi connectivity index (χ1n) is 11.2. The Morgan fingerprint density at radius 1 is 0.703 bits per heavy atom. The number of carbonyl (C=O) groups excluding carboxylic acids is 1. The van der Waals surface area contributed by atoms with Crippen LogP contribution in [0.5, 0.6) is 40.2 Å². The summed E-state index contributed by atoms with van der Waals surface area (Å²) >= 11 is 0. The van der Waals surface area contributed by atoms with E-state index in [1.54, 1.807) is 48.5 Å². The molecule has 11 nitrogen and oxygen atoms in total. The average molecular weight is 516 g/mol. The van der Waals surface area contributed by atoms with E-state index in [0.717, 1.165) is 12.1 Å². The Labute approximate surface area is 212 Å². The van der Waals surface area contributed by atoms with Crippen LogP contribution in [0.3, 0.4) is 0 Å². The quantitative estimate of drug-likeness (QED) is 0.167. The summed E-state index contributed by atoms with van der Waals surface area (Å²) in [6.45, 7) is -0.264. The van der Waals surface area contributed by atoms with E-state index < -0.39 is 42.0 Å². The number of phenols is 3. The van der Waals surface area contributed by atoms with Crippen molar-refractivity contribution in [3.63, 3.8) is 0 Å². The molecule has 2 unspecified atom stereocenters. The van der Waals surface area contributed by atoms with Gasteiger partial charge in [-0.2, -0.15) is 0 Å². The van der Waals surface area contributed by atoms with Crippen LogP contribution in [0.1, 0.15) is 10.4 Å². The summed E-state index contributed by atoms with van der Waals surface area (Å²) in [6.07, 6.45) is -1.86. The Morgan fingerprint density at radius 3 is 1.59 bits per heavy atom. The molecule has 0 spiro atoms. The van der Waals surface area contributed by atoms with Crippen LogP contribution in [0.15, 0.2) is 60.7 Å². The zero-order valence-corrected chi connectivity index (χ0v) is 19.9. The molecule has 0 aliphatic rings. The number of benzene rings is 3. The summed E-state index contributed by atoms with van der Waals surface area (Å²) in [4.78, 5) is 12.0. The van der Waals surface area contributed by atoms with E-state index in [0.29, 0.717) is 23.0 Å². The number of carbonyl (C=O) groups is 1. The molecule has 0 fully saturated rings. The van der Waals surface area contributed by atoms with Gasteiger partial charge in [-0.3, -0.25) is 0 Å². The fourth-order valence-corrected chi connectivity index (χ4v) is 2.99. The van der Waals surface area contributed by atoms with Crippen molar-refractivity contribution in [2.45, 2.75) is 12.2 Å². The number of hydrogen-bond acceptors (Lipinski definition) is 11. The highest BCUT2D eigenvalue weighted by atomic mass is 16.5. The van der Waals surface area contributed by atoms with Gasteiger partial charge in [0.1, 0.15) is 55.0 Å². The number of rotatable bonds is 13. The molecule has 37 heavy (non-hydrogen) atoms. The molecule has 5 N–H and O–H groups in total. The van der Waals surface area contributed by atoms with E-state index >= 15 is 0 Å². The maximum Gasteiger partial charge on any atom is 0.338 e. The average Bonchev–Trinajstić information content (AvgIpc) is 2.89. The van der Waals surface area contributed by atoms with Gasteiger partial charge in [0.15, 0.2) is 17.2 Å². The summed E-state index contributed by atoms with van der Waals surface area (Å²) in [7, 11) is 1.50. The van der Waals surface area contributed by atoms with Crippen LogP contribution in [-0.2, 0) is 9.47 Å². The minimum Gasteiger partial charge on any atom is -0.504 e. The summed E-state index contributed by atoms with van der Waals surface area (Å²) in [6, 6.07) is 15.4. The maximum absolute atomic E-state index is 12.0. The van der Waals surface area contributed by atoms with Crippen LogP contribution in [0.4, 0.5) is 0 Å². The topological polar surface area (TPSA) is 164 Å². The number of phenolic OH excluding ortho intramolecular Hbond substituents is 3. The third-order valence-corrected chi connectivity index (χ3v) is 4.84. The van der Waals surface area contributed by atoms with E-state index in [-0.39, 0.29) is 25.4 Å². The first-order chi connectivity index (χ1) is 17.7. The van der Waals surface area contributed by atoms with E-state index in [2.05, 4.69) is 0 Å². The second-order valence-corrected chi connectivity index (χ2v) is 7.89. The molecule has 0 aliphatic heterocycles. The Kier molecular flexibility index (Phi) is 9.78. The molecule has 0 aliphatic carbocycles. The molecule has 0 bridgehead atoms. The first-order valence-corrected chi connectivity index (χ1v) is 11.2. The van der Waals surface area contributed by atoms with Crippen molar-refractivity contribution in [3.8, 4) is 40.2 Å². The Hall–Kier alpha value is -4.19. The van der Waals surface area contributed by atoms with Crippen molar-refractivity contribution in [2.24, 2.45) is 0 Å². The fraction of sp³-hybridized carbons (Fsp3) is 0.269. The number of hydrogen-bond donors (Lipinski definition) is 5. The summed E-state index contributed by atoms with van der Waals surface area (Å²) in [5, 5.41) is 47.9. The fourth-order valence-electron chi connectivity index (χ4n) is 2.99. The highest BCUT2D eigenvalue weighted by Gasteiger charge is 2.16. The van der Waals surface area contributed by atoms with E-state index in [4.69, 9.17) is 23.7 Å². The van der Waals surface area contributed by atoms with Gasteiger partial charge in [0.25, 0.3) is 0 Å². The van der Waals surface area contributed by atoms with Crippen LogP contribution in [0, 0.1) is 0 Å². The largest absolute Gasteiger partial charge is 0.504 e. The Morgan fingerprint density at radius 2 is 1.14 bits per heavy atom. The lowest BCUT2D eigenvalue weighted by atomic mass is 10.2. The molecule has 2 atom stereocenters. The van der Waals surface area contributed by atoms with Gasteiger partial charge < -0.3 is 49.2 Å². The number of esters is 1. The van der Waals surface area contributed by atoms with Crippen LogP contribution in [0.25, 0.3) is 0 Å². The molecule has 11 heteroatoms. The Balaban J connectivity index is 1.41. The van der Waals surface area contributed by atoms with Crippen molar-refractivity contribution in [1.29, 1.82) is 0 Å². The molecule has 3 aromatic carbocycles. The lowest BCUT2D eigenvalue weighted by Crippen LogP contribution is -2.25. The third kappa shape index (κ3) is 8.46. The molecule has 3 rings (SSSR count). The summed E-state index contributed by atoms with van der Waals surface area (Å²) < 4.78 is 26.5. The van der Waals surface area contributed by atoms with Crippen molar-refractivity contribution in [1.82, 2.24) is 0 Å². The van der Waals surface area contributed by atoms with Gasteiger partial charge in [-0.15, -0.1) is 0 Å². The predicted molar refractivity (Wildman–Crippen MR) is 130 cm³/mol. The van der Waals surface area contributed by atoms with Crippen LogP contribution >= 0.6 is 0 Å². The Bertz CT molecular complexity index is 1120. The molecule has 0 heterocycles. The molecular formula is C26H28O11. The highest BCUT2D eigenvalue weighted by Crippen LogP contribution is 2.35. The molecule has 3 aromatic rings. The number of aromatic hydroxyl groups is 3. The lowest BCUT2D eigenvalue weighted by molar-refractivity contribution is 0.0129. The van der Waals surface area contributed by atoms with E-state index in [1.165, 1.54) is 7.11 Å². The molecule has 0 amide bonds. The molecular weight excluding hydrogens is 488 g/mol. The number of aliphatic hydroxyl groups excluding tert-OH is 2. The molecule has 0 radical (unpaired) electrons. The highest BCUT2D eigenvalue weighted by molar-refractivity contribution is 5.91. The standard InChI is InChI=1S/C26H28O11/c1-33-12-17(27)13-34-19-2-6-21(7-3-19)37-22-8-4-20(5-9-22)35-14-18(28)15-36-26(32)16-10-23(29)25(31)24(30)11-16/h2-11,17-18,27-31H,12-15H2,1H3. The summed E-state index contributed by atoms with van der Waals surface area (Å²) in [5.41, 5.74) is -0.195. The van der Waals surface area contributed by atoms with Crippen LogP contribution in [0.2, 0.25) is 0 Å². The van der Waals surface area contributed by atoms with Gasteiger partial charge in [0.05, 0.1) is 12.2 Å². The van der Waals surface area contributed by atoms with Crippen molar-refractivity contribution in [3.05, 3.63) is 66.2 Å². The smallest absolute Gasteiger partial charge is 0.338 e. The van der Waals surface area contributed by atoms with Crippen LogP contribution < -0.4 is 14.2 Å². The van der Waals surface area contributed by atoms with Gasteiger partial charge in [-0.25, -0.2) is 4.79 Å². The van der Waals surface area contributed by atoms with Gasteiger partial charge in [-0.05, 0) is 60.7 Å². The van der Waals surface area contributed by atoms with Gasteiger partial charge in [0.2, 0.25) is 0 Å². The second kappa shape index (κ2) is 13.2. The third-order valence-electron chi connectivity index (χ3n) is 4.84. The van der Waals surface area contributed by atoms with Crippen molar-refractivity contribution in [2.75, 3.05) is 33.5 Å². The van der Waals surface area contributed by atoms with Gasteiger partial charge >= 0.3 is 5.97 Å². The predicted octanol–water partition coefficient (Wildman–Crippen LogP) is 2.58. The zero-order chi connectivity index (χ0) is 26.8.